The predicted molar refractivity (Wildman–Crippen MR) is 105 cm³/mol. The summed E-state index contributed by atoms with van der Waals surface area (Å²) in [5.41, 5.74) is 8.85. The van der Waals surface area contributed by atoms with Gasteiger partial charge in [-0.15, -0.1) is 0 Å². The van der Waals surface area contributed by atoms with Crippen LogP contribution in [0.3, 0.4) is 0 Å². The number of halogens is 1. The van der Waals surface area contributed by atoms with Gasteiger partial charge in [0.1, 0.15) is 0 Å². The lowest BCUT2D eigenvalue weighted by atomic mass is 10.0. The number of ether oxygens (including phenoxy) is 1. The second-order valence-corrected chi connectivity index (χ2v) is 7.17. The third kappa shape index (κ3) is 5.10. The quantitative estimate of drug-likeness (QED) is 0.550. The molecule has 1 atom stereocenters. The van der Waals surface area contributed by atoms with Crippen LogP contribution >= 0.6 is 11.6 Å². The zero-order chi connectivity index (χ0) is 20.1. The first-order valence-electron chi connectivity index (χ1n) is 9.04. The van der Waals surface area contributed by atoms with Gasteiger partial charge in [-0.1, -0.05) is 35.9 Å². The van der Waals surface area contributed by atoms with E-state index in [1.54, 1.807) is 30.3 Å². The van der Waals surface area contributed by atoms with Gasteiger partial charge in [-0.3, -0.25) is 9.59 Å². The smallest absolute Gasteiger partial charge is 0.312 e. The molecule has 0 fully saturated rings. The summed E-state index contributed by atoms with van der Waals surface area (Å²) in [6.45, 7) is -0.346. The molecule has 0 unspecified atom stereocenters. The van der Waals surface area contributed by atoms with Crippen molar-refractivity contribution in [2.75, 3.05) is 6.61 Å². The van der Waals surface area contributed by atoms with Crippen LogP contribution in [0.5, 0.6) is 0 Å². The molecule has 6 nitrogen and oxygen atoms in total. The van der Waals surface area contributed by atoms with E-state index in [-0.39, 0.29) is 18.8 Å². The van der Waals surface area contributed by atoms with E-state index >= 15 is 0 Å². The second kappa shape index (κ2) is 8.89. The zero-order valence-corrected chi connectivity index (χ0v) is 16.0. The number of nitrogens with one attached hydrogen (secondary N) is 1. The lowest BCUT2D eigenvalue weighted by Crippen LogP contribution is -2.34. The molecule has 146 valence electrons. The van der Waals surface area contributed by atoms with Crippen molar-refractivity contribution in [3.63, 3.8) is 0 Å². The summed E-state index contributed by atoms with van der Waals surface area (Å²) in [6.07, 6.45) is 2.96. The van der Waals surface area contributed by atoms with Crippen LogP contribution in [-0.4, -0.2) is 24.4 Å². The maximum absolute atomic E-state index is 12.3. The van der Waals surface area contributed by atoms with E-state index in [2.05, 4.69) is 5.32 Å². The number of carbonyl (C=O) groups excluding carboxylic acids is 3. The van der Waals surface area contributed by atoms with Crippen LogP contribution in [0.4, 0.5) is 4.79 Å². The number of hydrogen-bond donors (Lipinski definition) is 2. The van der Waals surface area contributed by atoms with Gasteiger partial charge in [0.15, 0.2) is 12.4 Å². The number of fused-ring (bicyclic) bond motifs is 1. The summed E-state index contributed by atoms with van der Waals surface area (Å²) in [5.74, 6) is -0.864. The average molecular weight is 401 g/mol. The second-order valence-electron chi connectivity index (χ2n) is 6.74. The summed E-state index contributed by atoms with van der Waals surface area (Å²) < 4.78 is 5.13. The minimum Gasteiger partial charge on any atom is -0.457 e. The minimum absolute atomic E-state index is 0.151. The highest BCUT2D eigenvalue weighted by molar-refractivity contribution is 6.30. The Hall–Kier alpha value is -2.86. The van der Waals surface area contributed by atoms with Crippen LogP contribution in [0, 0.1) is 0 Å². The number of hydrogen-bond acceptors (Lipinski definition) is 4. The Morgan fingerprint density at radius 2 is 1.79 bits per heavy atom. The van der Waals surface area contributed by atoms with Gasteiger partial charge in [-0.05, 0) is 54.2 Å². The van der Waals surface area contributed by atoms with Crippen molar-refractivity contribution in [2.24, 2.45) is 5.73 Å². The fourth-order valence-electron chi connectivity index (χ4n) is 3.32. The number of amides is 2. The Morgan fingerprint density at radius 1 is 1.07 bits per heavy atom. The van der Waals surface area contributed by atoms with E-state index in [4.69, 9.17) is 22.1 Å². The number of benzene rings is 2. The van der Waals surface area contributed by atoms with Crippen molar-refractivity contribution in [1.82, 2.24) is 5.32 Å². The van der Waals surface area contributed by atoms with Gasteiger partial charge in [0.25, 0.3) is 0 Å². The average Bonchev–Trinajstić information content (AvgIpc) is 3.13. The highest BCUT2D eigenvalue weighted by Gasteiger charge is 2.20. The summed E-state index contributed by atoms with van der Waals surface area (Å²) in [5, 5.41) is 3.04. The van der Waals surface area contributed by atoms with E-state index in [1.165, 1.54) is 11.1 Å². The van der Waals surface area contributed by atoms with Crippen molar-refractivity contribution in [2.45, 2.75) is 31.7 Å². The van der Waals surface area contributed by atoms with Gasteiger partial charge in [0, 0.05) is 10.6 Å². The Labute approximate surface area is 168 Å². The van der Waals surface area contributed by atoms with Gasteiger partial charge in [-0.25, -0.2) is 4.79 Å². The number of rotatable bonds is 7. The largest absolute Gasteiger partial charge is 0.457 e. The van der Waals surface area contributed by atoms with Crippen LogP contribution in [0.1, 0.15) is 45.9 Å². The summed E-state index contributed by atoms with van der Waals surface area (Å²) >= 11 is 5.86. The van der Waals surface area contributed by atoms with Crippen molar-refractivity contribution in [3.05, 3.63) is 69.7 Å². The molecule has 2 aromatic carbocycles. The Bertz CT molecular complexity index is 896. The number of nitrogens with two attached hydrogens (primary N) is 1. The van der Waals surface area contributed by atoms with Crippen LogP contribution in [-0.2, 0) is 22.4 Å². The van der Waals surface area contributed by atoms with E-state index in [1.807, 2.05) is 12.1 Å². The number of Topliss-reactive ketones (excluding diaryl/α,β-unsaturated/α-hetero) is 1. The van der Waals surface area contributed by atoms with E-state index in [0.717, 1.165) is 19.3 Å². The molecule has 0 heterocycles. The number of urea groups is 1. The molecular weight excluding hydrogens is 380 g/mol. The normalized spacial score (nSPS) is 13.5. The number of aryl methyl sites for hydroxylation is 2. The molecule has 28 heavy (non-hydrogen) atoms. The topological polar surface area (TPSA) is 98.5 Å². The third-order valence-electron chi connectivity index (χ3n) is 4.74. The monoisotopic (exact) mass is 400 g/mol. The SMILES string of the molecule is NC(=O)N[C@H](CC(=O)OCC(=O)c1ccc2c(c1)CCC2)c1ccc(Cl)cc1. The first kappa shape index (κ1) is 19.9. The molecule has 3 N–H and O–H groups in total. The molecular formula is C21H21ClN2O4. The van der Waals surface area contributed by atoms with Crippen LogP contribution in [0.15, 0.2) is 42.5 Å². The third-order valence-corrected chi connectivity index (χ3v) is 5.00. The predicted octanol–water partition coefficient (Wildman–Crippen LogP) is 3.35. The molecule has 3 rings (SSSR count). The molecule has 0 aliphatic heterocycles. The highest BCUT2D eigenvalue weighted by Crippen LogP contribution is 2.23. The molecule has 2 amide bonds. The highest BCUT2D eigenvalue weighted by atomic mass is 35.5. The number of primary amides is 1. The van der Waals surface area contributed by atoms with E-state index in [9.17, 15) is 14.4 Å². The summed E-state index contributed by atoms with van der Waals surface area (Å²) in [6, 6.07) is 10.8. The molecule has 2 aromatic rings. The molecule has 0 aromatic heterocycles. The van der Waals surface area contributed by atoms with Gasteiger partial charge in [0.2, 0.25) is 0 Å². The van der Waals surface area contributed by atoms with Crippen LogP contribution in [0.25, 0.3) is 0 Å². The first-order chi connectivity index (χ1) is 13.4. The molecule has 0 radical (unpaired) electrons. The molecule has 1 aliphatic rings. The van der Waals surface area contributed by atoms with Crippen LogP contribution in [0.2, 0.25) is 5.02 Å². The minimum atomic E-state index is -0.762. The van der Waals surface area contributed by atoms with Gasteiger partial charge in [0.05, 0.1) is 12.5 Å². The molecule has 0 bridgehead atoms. The van der Waals surface area contributed by atoms with Crippen LogP contribution < -0.4 is 11.1 Å². The maximum Gasteiger partial charge on any atom is 0.312 e. The Morgan fingerprint density at radius 3 is 2.50 bits per heavy atom. The molecule has 7 heteroatoms. The maximum atomic E-state index is 12.3. The lowest BCUT2D eigenvalue weighted by molar-refractivity contribution is -0.143. The molecule has 0 spiro atoms. The van der Waals surface area contributed by atoms with Crippen molar-refractivity contribution in [1.29, 1.82) is 0 Å². The molecule has 0 saturated heterocycles. The fraction of sp³-hybridized carbons (Fsp3) is 0.286. The van der Waals surface area contributed by atoms with E-state index in [0.29, 0.717) is 16.1 Å². The van der Waals surface area contributed by atoms with Gasteiger partial charge >= 0.3 is 12.0 Å². The first-order valence-corrected chi connectivity index (χ1v) is 9.42. The summed E-state index contributed by atoms with van der Waals surface area (Å²) in [4.78, 5) is 35.8. The number of ketones is 1. The lowest BCUT2D eigenvalue weighted by Gasteiger charge is -2.17. The van der Waals surface area contributed by atoms with Crippen molar-refractivity contribution < 1.29 is 19.1 Å². The van der Waals surface area contributed by atoms with E-state index < -0.39 is 18.0 Å². The fourth-order valence-corrected chi connectivity index (χ4v) is 3.45. The number of esters is 1. The van der Waals surface area contributed by atoms with Gasteiger partial charge < -0.3 is 15.8 Å². The number of carbonyl (C=O) groups is 3. The standard InChI is InChI=1S/C21H21ClN2O4/c22-17-8-6-14(7-9-17)18(24-21(23)27)11-20(26)28-12-19(25)16-5-4-13-2-1-3-15(13)10-16/h4-10,18H,1-3,11-12H2,(H3,23,24,27)/t18-/m1/s1. The molecule has 0 saturated carbocycles. The van der Waals surface area contributed by atoms with Crippen molar-refractivity contribution >= 4 is 29.4 Å². The van der Waals surface area contributed by atoms with Gasteiger partial charge in [-0.2, -0.15) is 0 Å². The Balaban J connectivity index is 1.58. The zero-order valence-electron chi connectivity index (χ0n) is 15.2. The molecule has 1 aliphatic carbocycles. The van der Waals surface area contributed by atoms with Crippen molar-refractivity contribution in [3.8, 4) is 0 Å². The Kier molecular flexibility index (Phi) is 6.31. The summed E-state index contributed by atoms with van der Waals surface area (Å²) in [7, 11) is 0.